The van der Waals surface area contributed by atoms with Gasteiger partial charge in [0.1, 0.15) is 6.10 Å². The van der Waals surface area contributed by atoms with Gasteiger partial charge < -0.3 is 10.5 Å². The molecule has 1 aliphatic rings. The van der Waals surface area contributed by atoms with Crippen LogP contribution in [0.2, 0.25) is 0 Å². The van der Waals surface area contributed by atoms with E-state index in [9.17, 15) is 0 Å². The molecule has 0 aromatic carbocycles. The van der Waals surface area contributed by atoms with E-state index in [0.29, 0.717) is 12.0 Å². The zero-order valence-corrected chi connectivity index (χ0v) is 9.20. The quantitative estimate of drug-likeness (QED) is 0.809. The van der Waals surface area contributed by atoms with Gasteiger partial charge in [-0.15, -0.1) is 0 Å². The van der Waals surface area contributed by atoms with Gasteiger partial charge in [-0.2, -0.15) is 0 Å². The molecule has 0 bridgehead atoms. The largest absolute Gasteiger partial charge is 0.474 e. The first kappa shape index (κ1) is 10.3. The van der Waals surface area contributed by atoms with Crippen LogP contribution in [-0.4, -0.2) is 11.1 Å². The molecule has 82 valence electrons. The summed E-state index contributed by atoms with van der Waals surface area (Å²) < 4.78 is 5.82. The Labute approximate surface area is 90.7 Å². The molecule has 0 radical (unpaired) electrons. The van der Waals surface area contributed by atoms with Gasteiger partial charge in [0.2, 0.25) is 5.88 Å². The number of nitrogens with two attached hydrogens (primary N) is 1. The fourth-order valence-electron chi connectivity index (χ4n) is 1.96. The molecule has 1 aliphatic carbocycles. The monoisotopic (exact) mass is 206 g/mol. The molecule has 0 spiro atoms. The van der Waals surface area contributed by atoms with Crippen LogP contribution in [0.5, 0.6) is 5.88 Å². The number of anilines is 1. The Morgan fingerprint density at radius 2 is 2.07 bits per heavy atom. The Kier molecular flexibility index (Phi) is 3.09. The van der Waals surface area contributed by atoms with Crippen molar-refractivity contribution in [3.8, 4) is 5.88 Å². The maximum Gasteiger partial charge on any atom is 0.213 e. The molecule has 2 N–H and O–H groups in total. The van der Waals surface area contributed by atoms with Gasteiger partial charge in [-0.3, -0.25) is 0 Å². The molecule has 1 aromatic rings. The standard InChI is InChI=1S/C12H18N2O/c1-9-7-12(14-8-11(9)13)15-10-5-3-2-4-6-10/h7-8,10H,2-6,13H2,1H3. The first-order valence-corrected chi connectivity index (χ1v) is 5.64. The van der Waals surface area contributed by atoms with Crippen molar-refractivity contribution in [2.24, 2.45) is 0 Å². The van der Waals surface area contributed by atoms with Gasteiger partial charge in [-0.1, -0.05) is 6.42 Å². The van der Waals surface area contributed by atoms with Gasteiger partial charge in [-0.05, 0) is 38.2 Å². The average Bonchev–Trinajstić information content (AvgIpc) is 2.25. The van der Waals surface area contributed by atoms with E-state index in [1.54, 1.807) is 6.20 Å². The second kappa shape index (κ2) is 4.51. The number of aromatic nitrogens is 1. The van der Waals surface area contributed by atoms with Gasteiger partial charge >= 0.3 is 0 Å². The van der Waals surface area contributed by atoms with Crippen LogP contribution in [-0.2, 0) is 0 Å². The van der Waals surface area contributed by atoms with Crippen LogP contribution in [0.25, 0.3) is 0 Å². The van der Waals surface area contributed by atoms with Crippen molar-refractivity contribution in [1.29, 1.82) is 0 Å². The topological polar surface area (TPSA) is 48.1 Å². The number of aryl methyl sites for hydroxylation is 1. The summed E-state index contributed by atoms with van der Waals surface area (Å²) in [6.45, 7) is 1.98. The van der Waals surface area contributed by atoms with Crippen LogP contribution >= 0.6 is 0 Å². The Bertz CT molecular complexity index is 332. The van der Waals surface area contributed by atoms with E-state index in [2.05, 4.69) is 4.98 Å². The lowest BCUT2D eigenvalue weighted by molar-refractivity contribution is 0.148. The molecule has 0 amide bonds. The Morgan fingerprint density at radius 1 is 1.33 bits per heavy atom. The fourth-order valence-corrected chi connectivity index (χ4v) is 1.96. The van der Waals surface area contributed by atoms with Gasteiger partial charge in [0.15, 0.2) is 0 Å². The average molecular weight is 206 g/mol. The van der Waals surface area contributed by atoms with E-state index in [-0.39, 0.29) is 0 Å². The fraction of sp³-hybridized carbons (Fsp3) is 0.583. The second-order valence-corrected chi connectivity index (χ2v) is 4.26. The van der Waals surface area contributed by atoms with Crippen molar-refractivity contribution < 1.29 is 4.74 Å². The lowest BCUT2D eigenvalue weighted by Gasteiger charge is -2.22. The van der Waals surface area contributed by atoms with Crippen molar-refractivity contribution in [2.75, 3.05) is 5.73 Å². The number of hydrogen-bond donors (Lipinski definition) is 1. The molecule has 3 heteroatoms. The normalized spacial score (nSPS) is 17.7. The number of ether oxygens (including phenoxy) is 1. The minimum atomic E-state index is 0.356. The predicted octanol–water partition coefficient (Wildman–Crippen LogP) is 2.68. The van der Waals surface area contributed by atoms with Crippen molar-refractivity contribution in [3.05, 3.63) is 17.8 Å². The van der Waals surface area contributed by atoms with Crippen LogP contribution in [0.1, 0.15) is 37.7 Å². The molecule has 1 saturated carbocycles. The summed E-state index contributed by atoms with van der Waals surface area (Å²) in [5.74, 6) is 0.716. The lowest BCUT2D eigenvalue weighted by Crippen LogP contribution is -2.20. The summed E-state index contributed by atoms with van der Waals surface area (Å²) in [4.78, 5) is 4.19. The zero-order valence-electron chi connectivity index (χ0n) is 9.20. The van der Waals surface area contributed by atoms with E-state index in [4.69, 9.17) is 10.5 Å². The molecule has 1 fully saturated rings. The number of pyridine rings is 1. The third-order valence-electron chi connectivity index (χ3n) is 2.97. The van der Waals surface area contributed by atoms with Crippen molar-refractivity contribution >= 4 is 5.69 Å². The second-order valence-electron chi connectivity index (χ2n) is 4.26. The summed E-state index contributed by atoms with van der Waals surface area (Å²) in [5, 5.41) is 0. The summed E-state index contributed by atoms with van der Waals surface area (Å²) in [5.41, 5.74) is 7.47. The molecular weight excluding hydrogens is 188 g/mol. The number of hydrogen-bond acceptors (Lipinski definition) is 3. The van der Waals surface area contributed by atoms with E-state index in [1.165, 1.54) is 19.3 Å². The first-order valence-electron chi connectivity index (χ1n) is 5.64. The molecule has 1 aromatic heterocycles. The summed E-state index contributed by atoms with van der Waals surface area (Å²) in [6.07, 6.45) is 8.24. The zero-order chi connectivity index (χ0) is 10.7. The molecule has 3 nitrogen and oxygen atoms in total. The smallest absolute Gasteiger partial charge is 0.213 e. The predicted molar refractivity (Wildman–Crippen MR) is 60.9 cm³/mol. The maximum absolute atomic E-state index is 5.82. The van der Waals surface area contributed by atoms with Crippen molar-refractivity contribution in [1.82, 2.24) is 4.98 Å². The number of nitrogen functional groups attached to an aromatic ring is 1. The Hall–Kier alpha value is -1.25. The highest BCUT2D eigenvalue weighted by Gasteiger charge is 2.15. The molecule has 0 atom stereocenters. The molecule has 0 unspecified atom stereocenters. The van der Waals surface area contributed by atoms with Crippen molar-refractivity contribution in [2.45, 2.75) is 45.1 Å². The molecule has 2 rings (SSSR count). The third kappa shape index (κ3) is 2.61. The van der Waals surface area contributed by atoms with Crippen LogP contribution < -0.4 is 10.5 Å². The van der Waals surface area contributed by atoms with Gasteiger partial charge in [-0.25, -0.2) is 4.98 Å². The van der Waals surface area contributed by atoms with Crippen molar-refractivity contribution in [3.63, 3.8) is 0 Å². The number of nitrogens with zero attached hydrogens (tertiary/aromatic N) is 1. The van der Waals surface area contributed by atoms with Crippen LogP contribution in [0.3, 0.4) is 0 Å². The SMILES string of the molecule is Cc1cc(OC2CCCCC2)ncc1N. The van der Waals surface area contributed by atoms with Crippen LogP contribution in [0.4, 0.5) is 5.69 Å². The first-order chi connectivity index (χ1) is 7.25. The Balaban J connectivity index is 2.00. The molecule has 0 saturated heterocycles. The highest BCUT2D eigenvalue weighted by Crippen LogP contribution is 2.23. The summed E-state index contributed by atoms with van der Waals surface area (Å²) >= 11 is 0. The Morgan fingerprint density at radius 3 is 2.73 bits per heavy atom. The summed E-state index contributed by atoms with van der Waals surface area (Å²) in [6, 6.07) is 1.92. The van der Waals surface area contributed by atoms with Gasteiger partial charge in [0.25, 0.3) is 0 Å². The van der Waals surface area contributed by atoms with E-state index >= 15 is 0 Å². The number of rotatable bonds is 2. The summed E-state index contributed by atoms with van der Waals surface area (Å²) in [7, 11) is 0. The van der Waals surface area contributed by atoms with Gasteiger partial charge in [0, 0.05) is 6.07 Å². The molecule has 0 aliphatic heterocycles. The molecule has 15 heavy (non-hydrogen) atoms. The van der Waals surface area contributed by atoms with Crippen LogP contribution in [0.15, 0.2) is 12.3 Å². The van der Waals surface area contributed by atoms with Crippen LogP contribution in [0, 0.1) is 6.92 Å². The van der Waals surface area contributed by atoms with E-state index < -0.39 is 0 Å². The third-order valence-corrected chi connectivity index (χ3v) is 2.97. The van der Waals surface area contributed by atoms with E-state index in [0.717, 1.165) is 24.1 Å². The highest BCUT2D eigenvalue weighted by atomic mass is 16.5. The van der Waals surface area contributed by atoms with E-state index in [1.807, 2.05) is 13.0 Å². The van der Waals surface area contributed by atoms with Gasteiger partial charge in [0.05, 0.1) is 11.9 Å². The minimum Gasteiger partial charge on any atom is -0.474 e. The molecule has 1 heterocycles. The lowest BCUT2D eigenvalue weighted by atomic mass is 9.98. The highest BCUT2D eigenvalue weighted by molar-refractivity contribution is 5.45. The maximum atomic E-state index is 5.82. The molecular formula is C12H18N2O. The minimum absolute atomic E-state index is 0.356.